The lowest BCUT2D eigenvalue weighted by atomic mass is 10.0. The Morgan fingerprint density at radius 1 is 0.944 bits per heavy atom. The van der Waals surface area contributed by atoms with E-state index in [1.165, 1.54) is 5.69 Å². The van der Waals surface area contributed by atoms with Gasteiger partial charge in [-0.15, -0.1) is 0 Å². The third-order valence-electron chi connectivity index (χ3n) is 6.56. The minimum Gasteiger partial charge on any atom is -0.371 e. The summed E-state index contributed by atoms with van der Waals surface area (Å²) in [6.45, 7) is 7.00. The predicted molar refractivity (Wildman–Crippen MR) is 146 cm³/mol. The molecule has 1 saturated heterocycles. The summed E-state index contributed by atoms with van der Waals surface area (Å²) in [5.41, 5.74) is 3.37. The van der Waals surface area contributed by atoms with Crippen molar-refractivity contribution in [2.24, 2.45) is 0 Å². The minimum atomic E-state index is -3.52. The van der Waals surface area contributed by atoms with Crippen LogP contribution in [-0.2, 0) is 10.0 Å². The first-order chi connectivity index (χ1) is 17.2. The number of fused-ring (bicyclic) bond motifs is 1. The normalized spacial score (nSPS) is 15.2. The van der Waals surface area contributed by atoms with Gasteiger partial charge in [0.1, 0.15) is 5.65 Å². The van der Waals surface area contributed by atoms with E-state index in [2.05, 4.69) is 44.2 Å². The molecule has 0 saturated carbocycles. The van der Waals surface area contributed by atoms with Gasteiger partial charge in [0, 0.05) is 48.3 Å². The molecule has 1 fully saturated rings. The summed E-state index contributed by atoms with van der Waals surface area (Å²) in [6.07, 6.45) is 5.77. The van der Waals surface area contributed by atoms with Crippen LogP contribution in [-0.4, -0.2) is 46.8 Å². The number of para-hydroxylation sites is 1. The SMILES string of the molecule is CC(C)(C)S(=O)(=O)Nc1cccc(-n2ccc3cnc(NC4CCN(c5ccccc5)CC4)nc32)c1. The van der Waals surface area contributed by atoms with Crippen LogP contribution in [0.4, 0.5) is 17.3 Å². The van der Waals surface area contributed by atoms with Gasteiger partial charge in [-0.3, -0.25) is 4.72 Å². The number of anilines is 3. The molecule has 0 radical (unpaired) electrons. The van der Waals surface area contributed by atoms with Crippen LogP contribution in [0.25, 0.3) is 16.7 Å². The predicted octanol–water partition coefficient (Wildman–Crippen LogP) is 5.04. The zero-order valence-corrected chi connectivity index (χ0v) is 21.7. The van der Waals surface area contributed by atoms with Crippen LogP contribution in [0.3, 0.4) is 0 Å². The van der Waals surface area contributed by atoms with E-state index >= 15 is 0 Å². The van der Waals surface area contributed by atoms with Gasteiger partial charge in [-0.05, 0) is 70.0 Å². The molecule has 3 heterocycles. The van der Waals surface area contributed by atoms with E-state index in [1.54, 1.807) is 26.8 Å². The largest absolute Gasteiger partial charge is 0.371 e. The van der Waals surface area contributed by atoms with Crippen molar-refractivity contribution < 1.29 is 8.42 Å². The quantitative estimate of drug-likeness (QED) is 0.382. The molecule has 8 nitrogen and oxygen atoms in total. The molecule has 0 unspecified atom stereocenters. The van der Waals surface area contributed by atoms with Crippen LogP contribution >= 0.6 is 0 Å². The first kappa shape index (κ1) is 24.1. The van der Waals surface area contributed by atoms with Gasteiger partial charge in [0.15, 0.2) is 0 Å². The van der Waals surface area contributed by atoms with E-state index in [4.69, 9.17) is 4.98 Å². The molecule has 1 aliphatic heterocycles. The molecule has 0 atom stereocenters. The Balaban J connectivity index is 1.33. The topological polar surface area (TPSA) is 92.1 Å². The van der Waals surface area contributed by atoms with Crippen molar-refractivity contribution in [3.63, 3.8) is 0 Å². The second kappa shape index (κ2) is 9.46. The summed E-state index contributed by atoms with van der Waals surface area (Å²) in [4.78, 5) is 11.8. The monoisotopic (exact) mass is 504 g/mol. The third kappa shape index (κ3) is 5.02. The molecule has 36 heavy (non-hydrogen) atoms. The Labute approximate surface area is 212 Å². The summed E-state index contributed by atoms with van der Waals surface area (Å²) in [5.74, 6) is 0.602. The molecule has 0 aliphatic carbocycles. The standard InChI is InChI=1S/C27H32N6O2S/c1-27(2,3)36(34,35)31-22-8-7-11-24(18-22)33-17-12-20-19-28-26(30-25(20)33)29-21-13-15-32(16-14-21)23-9-5-4-6-10-23/h4-12,17-19,21,31H,13-16H2,1-3H3,(H,28,29,30). The van der Waals surface area contributed by atoms with Crippen LogP contribution in [0.1, 0.15) is 33.6 Å². The van der Waals surface area contributed by atoms with Gasteiger partial charge in [0.2, 0.25) is 16.0 Å². The first-order valence-corrected chi connectivity index (χ1v) is 13.7. The number of sulfonamides is 1. The highest BCUT2D eigenvalue weighted by atomic mass is 32.2. The van der Waals surface area contributed by atoms with Crippen molar-refractivity contribution in [3.05, 3.63) is 73.1 Å². The Hall–Kier alpha value is -3.59. The van der Waals surface area contributed by atoms with Gasteiger partial charge < -0.3 is 14.8 Å². The highest BCUT2D eigenvalue weighted by Crippen LogP contribution is 2.25. The number of benzene rings is 2. The molecule has 0 amide bonds. The van der Waals surface area contributed by atoms with Gasteiger partial charge in [-0.25, -0.2) is 13.4 Å². The van der Waals surface area contributed by atoms with Crippen molar-refractivity contribution >= 4 is 38.4 Å². The molecule has 0 spiro atoms. The smallest absolute Gasteiger partial charge is 0.237 e. The van der Waals surface area contributed by atoms with E-state index in [1.807, 2.05) is 47.3 Å². The van der Waals surface area contributed by atoms with Gasteiger partial charge in [-0.1, -0.05) is 24.3 Å². The molecule has 1 aliphatic rings. The lowest BCUT2D eigenvalue weighted by Gasteiger charge is -2.34. The lowest BCUT2D eigenvalue weighted by Crippen LogP contribution is -2.39. The number of aromatic nitrogens is 3. The Kier molecular flexibility index (Phi) is 6.34. The van der Waals surface area contributed by atoms with Crippen molar-refractivity contribution in [1.82, 2.24) is 14.5 Å². The number of nitrogens with zero attached hydrogens (tertiary/aromatic N) is 4. The fraction of sp³-hybridized carbons (Fsp3) is 0.333. The number of rotatable bonds is 6. The molecule has 0 bridgehead atoms. The number of hydrogen-bond acceptors (Lipinski definition) is 6. The second-order valence-corrected chi connectivity index (χ2v) is 12.6. The maximum Gasteiger partial charge on any atom is 0.237 e. The molecule has 188 valence electrons. The number of piperidine rings is 1. The van der Waals surface area contributed by atoms with Crippen molar-refractivity contribution in [2.75, 3.05) is 28.0 Å². The first-order valence-electron chi connectivity index (χ1n) is 12.2. The van der Waals surface area contributed by atoms with Crippen molar-refractivity contribution in [1.29, 1.82) is 0 Å². The summed E-state index contributed by atoms with van der Waals surface area (Å²) in [6, 6.07) is 20.1. The zero-order chi connectivity index (χ0) is 25.3. The van der Waals surface area contributed by atoms with Crippen LogP contribution in [0.15, 0.2) is 73.1 Å². The van der Waals surface area contributed by atoms with E-state index in [0.29, 0.717) is 17.7 Å². The lowest BCUT2D eigenvalue weighted by molar-refractivity contribution is 0.524. The van der Waals surface area contributed by atoms with Gasteiger partial charge in [0.05, 0.1) is 10.4 Å². The third-order valence-corrected chi connectivity index (χ3v) is 8.68. The van der Waals surface area contributed by atoms with Crippen LogP contribution < -0.4 is 14.9 Å². The molecule has 4 aromatic rings. The minimum absolute atomic E-state index is 0.306. The average Bonchev–Trinajstić information content (AvgIpc) is 3.28. The molecular weight excluding hydrogens is 472 g/mol. The van der Waals surface area contributed by atoms with Crippen LogP contribution in [0, 0.1) is 0 Å². The molecule has 9 heteroatoms. The number of hydrogen-bond donors (Lipinski definition) is 2. The second-order valence-electron chi connectivity index (χ2n) is 10.2. The molecule has 2 aromatic heterocycles. The maximum absolute atomic E-state index is 12.6. The van der Waals surface area contributed by atoms with E-state index < -0.39 is 14.8 Å². The summed E-state index contributed by atoms with van der Waals surface area (Å²) in [5, 5.41) is 4.44. The Morgan fingerprint density at radius 2 is 1.67 bits per heavy atom. The number of nitrogens with one attached hydrogen (secondary N) is 2. The molecule has 2 aromatic carbocycles. The van der Waals surface area contributed by atoms with E-state index in [0.717, 1.165) is 42.7 Å². The molecule has 5 rings (SSSR count). The summed E-state index contributed by atoms with van der Waals surface area (Å²) in [7, 11) is -3.52. The summed E-state index contributed by atoms with van der Waals surface area (Å²) < 4.78 is 29.0. The van der Waals surface area contributed by atoms with Crippen molar-refractivity contribution in [2.45, 2.75) is 44.4 Å². The molecule has 2 N–H and O–H groups in total. The Morgan fingerprint density at radius 3 is 2.39 bits per heavy atom. The van der Waals surface area contributed by atoms with E-state index in [9.17, 15) is 8.42 Å². The highest BCUT2D eigenvalue weighted by molar-refractivity contribution is 7.94. The van der Waals surface area contributed by atoms with Gasteiger partial charge >= 0.3 is 0 Å². The fourth-order valence-electron chi connectivity index (χ4n) is 4.33. The van der Waals surface area contributed by atoms with Crippen LogP contribution in [0.5, 0.6) is 0 Å². The summed E-state index contributed by atoms with van der Waals surface area (Å²) >= 11 is 0. The average molecular weight is 505 g/mol. The van der Waals surface area contributed by atoms with Gasteiger partial charge in [-0.2, -0.15) is 4.98 Å². The van der Waals surface area contributed by atoms with Crippen molar-refractivity contribution in [3.8, 4) is 5.69 Å². The van der Waals surface area contributed by atoms with Gasteiger partial charge in [0.25, 0.3) is 0 Å². The zero-order valence-electron chi connectivity index (χ0n) is 20.8. The highest BCUT2D eigenvalue weighted by Gasteiger charge is 2.29. The van der Waals surface area contributed by atoms with E-state index in [-0.39, 0.29) is 0 Å². The molecular formula is C27H32N6O2S. The Bertz CT molecular complexity index is 1450. The maximum atomic E-state index is 12.6. The fourth-order valence-corrected chi connectivity index (χ4v) is 5.07. The van der Waals surface area contributed by atoms with Crippen LogP contribution in [0.2, 0.25) is 0 Å².